The van der Waals surface area contributed by atoms with Crippen LogP contribution in [0, 0.1) is 0 Å². The predicted octanol–water partition coefficient (Wildman–Crippen LogP) is 4.50. The minimum atomic E-state index is 0.0343. The number of rotatable bonds is 6. The van der Waals surface area contributed by atoms with E-state index in [0.29, 0.717) is 18.0 Å². The van der Waals surface area contributed by atoms with E-state index in [2.05, 4.69) is 16.0 Å². The van der Waals surface area contributed by atoms with E-state index in [1.165, 1.54) is 4.88 Å². The van der Waals surface area contributed by atoms with E-state index in [4.69, 9.17) is 11.6 Å². The second-order valence-corrected chi connectivity index (χ2v) is 6.68. The maximum atomic E-state index is 12.3. The summed E-state index contributed by atoms with van der Waals surface area (Å²) in [5, 5.41) is 5.72. The second-order valence-electron chi connectivity index (χ2n) is 5.27. The molecule has 0 saturated carbocycles. The van der Waals surface area contributed by atoms with Gasteiger partial charge in [-0.3, -0.25) is 4.79 Å². The molecule has 0 aliphatic heterocycles. The van der Waals surface area contributed by atoms with E-state index in [9.17, 15) is 4.79 Å². The van der Waals surface area contributed by atoms with Gasteiger partial charge in [0.15, 0.2) is 0 Å². The molecule has 1 aromatic carbocycles. The average molecular weight is 345 g/mol. The fraction of sp³-hybridized carbons (Fsp3) is 0.167. The summed E-state index contributed by atoms with van der Waals surface area (Å²) in [6.07, 6.45) is 4.41. The number of nitrogens with one attached hydrogen (secondary N) is 1. The van der Waals surface area contributed by atoms with Crippen LogP contribution in [0.5, 0.6) is 0 Å². The number of hydrogen-bond donors (Lipinski definition) is 1. The number of halogens is 1. The molecule has 0 aliphatic rings. The minimum absolute atomic E-state index is 0.0343. The van der Waals surface area contributed by atoms with E-state index >= 15 is 0 Å². The first-order valence-electron chi connectivity index (χ1n) is 7.39. The topological polar surface area (TPSA) is 34.0 Å². The van der Waals surface area contributed by atoms with Crippen LogP contribution in [-0.2, 0) is 11.3 Å². The number of thiophene rings is 1. The van der Waals surface area contributed by atoms with E-state index < -0.39 is 0 Å². The molecule has 118 valence electrons. The van der Waals surface area contributed by atoms with Crippen molar-refractivity contribution in [2.75, 3.05) is 0 Å². The molecule has 3 aromatic rings. The van der Waals surface area contributed by atoms with E-state index in [1.54, 1.807) is 11.3 Å². The predicted molar refractivity (Wildman–Crippen MR) is 94.8 cm³/mol. The summed E-state index contributed by atoms with van der Waals surface area (Å²) in [6.45, 7) is 0.513. The lowest BCUT2D eigenvalue weighted by Gasteiger charge is -2.17. The molecule has 23 heavy (non-hydrogen) atoms. The van der Waals surface area contributed by atoms with Gasteiger partial charge < -0.3 is 9.88 Å². The smallest absolute Gasteiger partial charge is 0.222 e. The van der Waals surface area contributed by atoms with Crippen LogP contribution in [-0.4, -0.2) is 10.5 Å². The van der Waals surface area contributed by atoms with E-state index in [-0.39, 0.29) is 11.9 Å². The number of nitrogens with zero attached hydrogens (tertiary/aromatic N) is 1. The van der Waals surface area contributed by atoms with Crippen molar-refractivity contribution in [3.05, 3.63) is 81.8 Å². The van der Waals surface area contributed by atoms with Crippen LogP contribution < -0.4 is 5.32 Å². The van der Waals surface area contributed by atoms with Gasteiger partial charge in [-0.15, -0.1) is 11.3 Å². The summed E-state index contributed by atoms with van der Waals surface area (Å²) in [6, 6.07) is 15.6. The molecule has 0 aliphatic carbocycles. The van der Waals surface area contributed by atoms with Gasteiger partial charge in [0.1, 0.15) is 0 Å². The van der Waals surface area contributed by atoms with Crippen LogP contribution in [0.4, 0.5) is 0 Å². The second kappa shape index (κ2) is 7.49. The maximum Gasteiger partial charge on any atom is 0.222 e. The molecule has 0 radical (unpaired) electrons. The molecular weight excluding hydrogens is 328 g/mol. The summed E-state index contributed by atoms with van der Waals surface area (Å²) < 4.78 is 2.08. The Morgan fingerprint density at radius 3 is 2.52 bits per heavy atom. The molecular formula is C18H17ClN2OS. The largest absolute Gasteiger partial charge is 0.352 e. The number of aromatic nitrogens is 1. The number of carbonyl (C=O) groups excluding carboxylic acids is 1. The van der Waals surface area contributed by atoms with Crippen molar-refractivity contribution in [2.24, 2.45) is 0 Å². The molecule has 0 saturated heterocycles. The van der Waals surface area contributed by atoms with Gasteiger partial charge in [0.25, 0.3) is 0 Å². The van der Waals surface area contributed by atoms with Gasteiger partial charge in [-0.25, -0.2) is 0 Å². The minimum Gasteiger partial charge on any atom is -0.352 e. The van der Waals surface area contributed by atoms with Gasteiger partial charge in [0.05, 0.1) is 12.5 Å². The summed E-state index contributed by atoms with van der Waals surface area (Å²) >= 11 is 7.54. The summed E-state index contributed by atoms with van der Waals surface area (Å²) in [7, 11) is 0. The summed E-state index contributed by atoms with van der Waals surface area (Å²) in [5.41, 5.74) is 1.04. The highest BCUT2D eigenvalue weighted by atomic mass is 35.5. The monoisotopic (exact) mass is 344 g/mol. The zero-order valence-electron chi connectivity index (χ0n) is 12.5. The molecule has 2 aromatic heterocycles. The number of carbonyl (C=O) groups is 1. The molecule has 0 spiro atoms. The molecule has 1 N–H and O–H groups in total. The first kappa shape index (κ1) is 15.8. The molecule has 1 amide bonds. The third-order valence-electron chi connectivity index (χ3n) is 3.64. The molecule has 3 rings (SSSR count). The lowest BCUT2D eigenvalue weighted by atomic mass is 10.1. The van der Waals surface area contributed by atoms with Crippen molar-refractivity contribution in [3.8, 4) is 0 Å². The Kier molecular flexibility index (Phi) is 5.16. The highest BCUT2D eigenvalue weighted by Gasteiger charge is 2.18. The standard InChI is InChI=1S/C18H17ClN2OS/c19-15-7-5-14(6-8-15)13-20-18(22)12-16(17-4-3-11-23-17)21-9-1-2-10-21/h1-11,16H,12-13H2,(H,20,22)/t16-/m1/s1. The van der Waals surface area contributed by atoms with Crippen LogP contribution in [0.15, 0.2) is 66.3 Å². The lowest BCUT2D eigenvalue weighted by Crippen LogP contribution is -2.26. The van der Waals surface area contributed by atoms with Gasteiger partial charge in [0.2, 0.25) is 5.91 Å². The first-order valence-corrected chi connectivity index (χ1v) is 8.65. The van der Waals surface area contributed by atoms with E-state index in [1.807, 2.05) is 60.2 Å². The molecule has 2 heterocycles. The van der Waals surface area contributed by atoms with Gasteiger partial charge in [-0.1, -0.05) is 29.8 Å². The first-order chi connectivity index (χ1) is 11.2. The van der Waals surface area contributed by atoms with E-state index in [0.717, 1.165) is 5.56 Å². The third-order valence-corrected chi connectivity index (χ3v) is 4.87. The van der Waals surface area contributed by atoms with Gasteiger partial charge in [-0.2, -0.15) is 0 Å². The molecule has 1 atom stereocenters. The normalized spacial score (nSPS) is 12.0. The molecule has 5 heteroatoms. The number of benzene rings is 1. The number of hydrogen-bond acceptors (Lipinski definition) is 2. The molecule has 0 bridgehead atoms. The highest BCUT2D eigenvalue weighted by molar-refractivity contribution is 7.10. The van der Waals surface area contributed by atoms with Crippen LogP contribution in [0.2, 0.25) is 5.02 Å². The van der Waals surface area contributed by atoms with Crippen molar-refractivity contribution < 1.29 is 4.79 Å². The Hall–Kier alpha value is -2.04. The van der Waals surface area contributed by atoms with Crippen molar-refractivity contribution in [1.29, 1.82) is 0 Å². The van der Waals surface area contributed by atoms with Crippen LogP contribution in [0.3, 0.4) is 0 Å². The fourth-order valence-electron chi connectivity index (χ4n) is 2.44. The third kappa shape index (κ3) is 4.24. The Morgan fingerprint density at radius 2 is 1.87 bits per heavy atom. The summed E-state index contributed by atoms with van der Waals surface area (Å²) in [4.78, 5) is 13.5. The van der Waals surface area contributed by atoms with Gasteiger partial charge >= 0.3 is 0 Å². The quantitative estimate of drug-likeness (QED) is 0.702. The van der Waals surface area contributed by atoms with Crippen molar-refractivity contribution in [1.82, 2.24) is 9.88 Å². The molecule has 3 nitrogen and oxygen atoms in total. The Labute approximate surface area is 144 Å². The zero-order valence-corrected chi connectivity index (χ0v) is 14.1. The molecule has 0 unspecified atom stereocenters. The lowest BCUT2D eigenvalue weighted by molar-refractivity contribution is -0.121. The SMILES string of the molecule is O=C(C[C@H](c1cccs1)n1cccc1)NCc1ccc(Cl)cc1. The average Bonchev–Trinajstić information content (AvgIpc) is 3.25. The van der Waals surface area contributed by atoms with Crippen LogP contribution in [0.1, 0.15) is 22.9 Å². The van der Waals surface area contributed by atoms with Crippen LogP contribution in [0.25, 0.3) is 0 Å². The van der Waals surface area contributed by atoms with Gasteiger partial charge in [0, 0.05) is 28.8 Å². The fourth-order valence-corrected chi connectivity index (χ4v) is 3.40. The van der Waals surface area contributed by atoms with Gasteiger partial charge in [-0.05, 0) is 41.3 Å². The number of amides is 1. The zero-order chi connectivity index (χ0) is 16.1. The van der Waals surface area contributed by atoms with Crippen LogP contribution >= 0.6 is 22.9 Å². The highest BCUT2D eigenvalue weighted by Crippen LogP contribution is 2.26. The van der Waals surface area contributed by atoms with Crippen molar-refractivity contribution in [3.63, 3.8) is 0 Å². The van der Waals surface area contributed by atoms with Crippen molar-refractivity contribution in [2.45, 2.75) is 19.0 Å². The van der Waals surface area contributed by atoms with Crippen molar-refractivity contribution >= 4 is 28.8 Å². The Balaban J connectivity index is 1.63. The Bertz CT molecular complexity index is 702. The Morgan fingerprint density at radius 1 is 1.13 bits per heavy atom. The summed E-state index contributed by atoms with van der Waals surface area (Å²) in [5.74, 6) is 0.0343. The molecule has 0 fully saturated rings. The maximum absolute atomic E-state index is 12.3.